The lowest BCUT2D eigenvalue weighted by Crippen LogP contribution is -2.27. The average molecular weight is 543 g/mol. The van der Waals surface area contributed by atoms with Gasteiger partial charge in [-0.2, -0.15) is 0 Å². The molecule has 0 aliphatic carbocycles. The number of thioether (sulfide) groups is 1. The molecule has 9 heteroatoms. The summed E-state index contributed by atoms with van der Waals surface area (Å²) in [5, 5.41) is 0. The van der Waals surface area contributed by atoms with Gasteiger partial charge in [-0.05, 0) is 42.5 Å². The first-order chi connectivity index (χ1) is 13.4. The van der Waals surface area contributed by atoms with E-state index in [0.717, 1.165) is 8.95 Å². The maximum Gasteiger partial charge on any atom is 0.343 e. The van der Waals surface area contributed by atoms with Gasteiger partial charge < -0.3 is 9.47 Å². The third-order valence-corrected chi connectivity index (χ3v) is 5.98. The molecule has 1 fully saturated rings. The smallest absolute Gasteiger partial charge is 0.343 e. The molecule has 0 unspecified atom stereocenters. The van der Waals surface area contributed by atoms with Crippen molar-refractivity contribution in [1.82, 2.24) is 0 Å². The number of amides is 1. The van der Waals surface area contributed by atoms with Crippen LogP contribution in [0.25, 0.3) is 6.08 Å². The van der Waals surface area contributed by atoms with E-state index in [1.54, 1.807) is 24.3 Å². The Bertz CT molecular complexity index is 994. The van der Waals surface area contributed by atoms with Crippen LogP contribution < -0.4 is 9.64 Å². The molecule has 0 N–H and O–H groups in total. The molecule has 5 nitrogen and oxygen atoms in total. The second-order valence-electron chi connectivity index (χ2n) is 5.54. The first kappa shape index (κ1) is 21.0. The number of ether oxygens (including phenoxy) is 2. The highest BCUT2D eigenvalue weighted by molar-refractivity contribution is 9.10. The van der Waals surface area contributed by atoms with Crippen molar-refractivity contribution in [3.05, 3.63) is 61.9 Å². The largest absolute Gasteiger partial charge is 0.481 e. The van der Waals surface area contributed by atoms with Crippen LogP contribution in [0.3, 0.4) is 0 Å². The molecular formula is C19H13Br2NO4S2. The second kappa shape index (κ2) is 9.21. The lowest BCUT2D eigenvalue weighted by Gasteiger charge is -2.14. The number of hydrogen-bond acceptors (Lipinski definition) is 6. The van der Waals surface area contributed by atoms with Crippen LogP contribution in [0.2, 0.25) is 0 Å². The van der Waals surface area contributed by atoms with Gasteiger partial charge in [-0.1, -0.05) is 61.9 Å². The average Bonchev–Trinajstić information content (AvgIpc) is 2.94. The number of esters is 1. The normalized spacial score (nSPS) is 15.2. The molecule has 1 aliphatic rings. The molecule has 1 saturated heterocycles. The number of carbonyl (C=O) groups is 2. The number of nitrogens with zero attached hydrogens (tertiary/aromatic N) is 1. The minimum absolute atomic E-state index is 0.216. The Balaban J connectivity index is 1.91. The molecule has 2 aromatic carbocycles. The Labute approximate surface area is 188 Å². The van der Waals surface area contributed by atoms with Crippen molar-refractivity contribution in [1.29, 1.82) is 0 Å². The Kier molecular flexibility index (Phi) is 6.92. The molecule has 0 bridgehead atoms. The number of anilines is 1. The van der Waals surface area contributed by atoms with Gasteiger partial charge in [0, 0.05) is 14.5 Å². The molecule has 1 aliphatic heterocycles. The van der Waals surface area contributed by atoms with E-state index in [1.807, 2.05) is 24.3 Å². The first-order valence-corrected chi connectivity index (χ1v) is 10.7. The van der Waals surface area contributed by atoms with Crippen LogP contribution in [0.1, 0.15) is 5.56 Å². The van der Waals surface area contributed by atoms with Gasteiger partial charge in [-0.25, -0.2) is 4.79 Å². The zero-order valence-corrected chi connectivity index (χ0v) is 19.3. The van der Waals surface area contributed by atoms with Crippen LogP contribution in [-0.2, 0) is 14.3 Å². The minimum Gasteiger partial charge on any atom is -0.481 e. The van der Waals surface area contributed by atoms with Gasteiger partial charge in [-0.15, -0.1) is 0 Å². The summed E-state index contributed by atoms with van der Waals surface area (Å²) >= 11 is 13.4. The van der Waals surface area contributed by atoms with Crippen LogP contribution in [0, 0.1) is 0 Å². The van der Waals surface area contributed by atoms with E-state index in [4.69, 9.17) is 17.0 Å². The Morgan fingerprint density at radius 1 is 1.21 bits per heavy atom. The molecule has 3 rings (SSSR count). The highest BCUT2D eigenvalue weighted by Gasteiger charge is 2.33. The molecule has 1 heterocycles. The van der Waals surface area contributed by atoms with Crippen molar-refractivity contribution >= 4 is 83.8 Å². The summed E-state index contributed by atoms with van der Waals surface area (Å²) < 4.78 is 12.2. The number of halogens is 2. The van der Waals surface area contributed by atoms with Gasteiger partial charge in [0.05, 0.1) is 17.7 Å². The van der Waals surface area contributed by atoms with Crippen LogP contribution in [0.4, 0.5) is 5.69 Å². The molecular weight excluding hydrogens is 530 g/mol. The number of hydrogen-bond donors (Lipinski definition) is 0. The summed E-state index contributed by atoms with van der Waals surface area (Å²) in [5.74, 6) is -0.247. The predicted octanol–water partition coefficient (Wildman–Crippen LogP) is 5.17. The molecule has 0 atom stereocenters. The van der Waals surface area contributed by atoms with Crippen molar-refractivity contribution in [3.8, 4) is 5.75 Å². The fraction of sp³-hybridized carbons (Fsp3) is 0.105. The summed E-state index contributed by atoms with van der Waals surface area (Å²) in [6, 6.07) is 12.7. The fourth-order valence-electron chi connectivity index (χ4n) is 2.41. The third-order valence-electron chi connectivity index (χ3n) is 3.69. The Morgan fingerprint density at radius 3 is 2.68 bits per heavy atom. The number of thiocarbonyl (C=S) groups is 1. The number of rotatable bonds is 5. The zero-order valence-electron chi connectivity index (χ0n) is 14.5. The highest BCUT2D eigenvalue weighted by atomic mass is 79.9. The number of methoxy groups -OCH3 is 1. The van der Waals surface area contributed by atoms with Gasteiger partial charge in [-0.3, -0.25) is 9.69 Å². The van der Waals surface area contributed by atoms with E-state index >= 15 is 0 Å². The van der Waals surface area contributed by atoms with Crippen molar-refractivity contribution in [2.75, 3.05) is 18.6 Å². The Morgan fingerprint density at radius 2 is 1.96 bits per heavy atom. The minimum atomic E-state index is -0.491. The summed E-state index contributed by atoms with van der Waals surface area (Å²) in [6.07, 6.45) is 1.70. The van der Waals surface area contributed by atoms with Gasteiger partial charge in [0.25, 0.3) is 5.91 Å². The lowest BCUT2D eigenvalue weighted by atomic mass is 10.2. The first-order valence-electron chi connectivity index (χ1n) is 7.91. The van der Waals surface area contributed by atoms with E-state index in [-0.39, 0.29) is 12.5 Å². The fourth-order valence-corrected chi connectivity index (χ4v) is 4.46. The molecule has 0 spiro atoms. The standard InChI is InChI=1S/C19H13Br2NO4S2/c1-25-17(23)10-26-15-6-5-13(21)7-11(15)8-16-18(24)22(19(27)28-16)14-4-2-3-12(20)9-14/h2-9H,10H2,1H3/b16-8+. The summed E-state index contributed by atoms with van der Waals surface area (Å²) in [6.45, 7) is -0.224. The Hall–Kier alpha value is -1.68. The van der Waals surface area contributed by atoms with Crippen molar-refractivity contribution in [2.24, 2.45) is 0 Å². The van der Waals surface area contributed by atoms with E-state index in [1.165, 1.54) is 23.8 Å². The van der Waals surface area contributed by atoms with Gasteiger partial charge in [0.15, 0.2) is 10.9 Å². The number of carbonyl (C=O) groups excluding carboxylic acids is 2. The maximum atomic E-state index is 12.9. The second-order valence-corrected chi connectivity index (χ2v) is 9.05. The maximum absolute atomic E-state index is 12.9. The highest BCUT2D eigenvalue weighted by Crippen LogP contribution is 2.38. The van der Waals surface area contributed by atoms with Crippen LogP contribution in [-0.4, -0.2) is 29.9 Å². The molecule has 144 valence electrons. The van der Waals surface area contributed by atoms with Gasteiger partial charge >= 0.3 is 5.97 Å². The van der Waals surface area contributed by atoms with Crippen molar-refractivity contribution < 1.29 is 19.1 Å². The number of benzene rings is 2. The molecule has 1 amide bonds. The summed E-state index contributed by atoms with van der Waals surface area (Å²) in [4.78, 5) is 26.3. The molecule has 28 heavy (non-hydrogen) atoms. The van der Waals surface area contributed by atoms with Gasteiger partial charge in [0.2, 0.25) is 0 Å². The summed E-state index contributed by atoms with van der Waals surface area (Å²) in [5.41, 5.74) is 1.34. The molecule has 0 radical (unpaired) electrons. The molecule has 2 aromatic rings. The molecule has 0 saturated carbocycles. The van der Waals surface area contributed by atoms with Crippen LogP contribution in [0.5, 0.6) is 5.75 Å². The van der Waals surface area contributed by atoms with E-state index in [2.05, 4.69) is 36.6 Å². The monoisotopic (exact) mass is 541 g/mol. The SMILES string of the molecule is COC(=O)COc1ccc(Br)cc1/C=C1/SC(=S)N(c2cccc(Br)c2)C1=O. The topological polar surface area (TPSA) is 55.8 Å². The van der Waals surface area contributed by atoms with Crippen LogP contribution >= 0.6 is 55.8 Å². The third kappa shape index (κ3) is 4.83. The summed E-state index contributed by atoms with van der Waals surface area (Å²) in [7, 11) is 1.29. The van der Waals surface area contributed by atoms with E-state index in [0.29, 0.717) is 26.2 Å². The molecule has 0 aromatic heterocycles. The van der Waals surface area contributed by atoms with Crippen molar-refractivity contribution in [2.45, 2.75) is 0 Å². The quantitative estimate of drug-likeness (QED) is 0.295. The van der Waals surface area contributed by atoms with Crippen molar-refractivity contribution in [3.63, 3.8) is 0 Å². The predicted molar refractivity (Wildman–Crippen MR) is 121 cm³/mol. The van der Waals surface area contributed by atoms with E-state index < -0.39 is 5.97 Å². The lowest BCUT2D eigenvalue weighted by molar-refractivity contribution is -0.142. The van der Waals surface area contributed by atoms with E-state index in [9.17, 15) is 9.59 Å². The van der Waals surface area contributed by atoms with Gasteiger partial charge in [0.1, 0.15) is 5.75 Å². The van der Waals surface area contributed by atoms with Crippen LogP contribution in [0.15, 0.2) is 56.3 Å². The zero-order chi connectivity index (χ0) is 20.3.